The quantitative estimate of drug-likeness (QED) is 0.603. The molecule has 2 N–H and O–H groups in total. The van der Waals surface area contributed by atoms with Gasteiger partial charge in [0.25, 0.3) is 5.92 Å². The topological polar surface area (TPSA) is 95.9 Å². The van der Waals surface area contributed by atoms with Crippen LogP contribution in [-0.4, -0.2) is 59.6 Å². The minimum absolute atomic E-state index is 0.0250. The van der Waals surface area contributed by atoms with Crippen molar-refractivity contribution in [3.05, 3.63) is 72.3 Å². The summed E-state index contributed by atoms with van der Waals surface area (Å²) >= 11 is 0. The van der Waals surface area contributed by atoms with Gasteiger partial charge in [0, 0.05) is 12.5 Å². The van der Waals surface area contributed by atoms with Crippen molar-refractivity contribution in [3.63, 3.8) is 0 Å². The molecule has 0 saturated carbocycles. The molecule has 2 aliphatic rings. The van der Waals surface area contributed by atoms with Crippen LogP contribution >= 0.6 is 0 Å². The largest absolute Gasteiger partial charge is 0.481 e. The van der Waals surface area contributed by atoms with Crippen molar-refractivity contribution < 1.29 is 33.0 Å². The summed E-state index contributed by atoms with van der Waals surface area (Å²) in [5.74, 6) is -8.21. The third kappa shape index (κ3) is 4.37. The lowest BCUT2D eigenvalue weighted by Crippen LogP contribution is -2.48. The molecule has 0 spiro atoms. The molecule has 1 aliphatic heterocycles. The predicted octanol–water partition coefficient (Wildman–Crippen LogP) is 3.65. The summed E-state index contributed by atoms with van der Waals surface area (Å²) in [6.45, 7) is 1.91. The first kappa shape index (κ1) is 23.4. The third-order valence-corrected chi connectivity index (χ3v) is 6.26. The van der Waals surface area contributed by atoms with E-state index in [0.29, 0.717) is 0 Å². The van der Waals surface area contributed by atoms with E-state index < -0.39 is 48.9 Å². The molecule has 0 aromatic heterocycles. The van der Waals surface area contributed by atoms with Crippen molar-refractivity contribution >= 4 is 18.0 Å². The van der Waals surface area contributed by atoms with Crippen LogP contribution in [0.5, 0.6) is 0 Å². The molecule has 1 aliphatic carbocycles. The number of aliphatic carboxylic acids is 1. The number of carboxylic acid groups (broad SMARTS) is 1. The number of rotatable bonds is 7. The number of hydrogen-bond donors (Lipinski definition) is 2. The Morgan fingerprint density at radius 1 is 1.15 bits per heavy atom. The van der Waals surface area contributed by atoms with Crippen molar-refractivity contribution in [2.45, 2.75) is 24.3 Å². The van der Waals surface area contributed by atoms with Crippen molar-refractivity contribution in [1.82, 2.24) is 10.2 Å². The normalized spacial score (nSPS) is 19.1. The second kappa shape index (κ2) is 9.24. The number of carbonyl (C=O) groups is 3. The second-order valence-electron chi connectivity index (χ2n) is 8.42. The van der Waals surface area contributed by atoms with Gasteiger partial charge in [-0.15, -0.1) is 6.58 Å². The van der Waals surface area contributed by atoms with Crippen LogP contribution in [0.1, 0.15) is 23.5 Å². The van der Waals surface area contributed by atoms with Gasteiger partial charge in [0.2, 0.25) is 5.91 Å². The van der Waals surface area contributed by atoms with E-state index in [1.165, 1.54) is 6.08 Å². The molecule has 1 saturated heterocycles. The number of carboxylic acids is 1. The van der Waals surface area contributed by atoms with Crippen molar-refractivity contribution in [1.29, 1.82) is 0 Å². The summed E-state index contributed by atoms with van der Waals surface area (Å²) in [6.07, 6.45) is 0.473. The summed E-state index contributed by atoms with van der Waals surface area (Å²) in [6, 6.07) is 14.4. The van der Waals surface area contributed by atoms with E-state index in [0.717, 1.165) is 27.2 Å². The summed E-state index contributed by atoms with van der Waals surface area (Å²) in [5.41, 5.74) is 4.17. The number of carbonyl (C=O) groups excluding carboxylic acids is 2. The van der Waals surface area contributed by atoms with Crippen LogP contribution in [0.25, 0.3) is 11.1 Å². The number of alkyl carbamates (subject to hydrolysis) is 1. The van der Waals surface area contributed by atoms with Gasteiger partial charge in [0.05, 0.1) is 6.54 Å². The number of alkyl halides is 2. The number of amides is 2. The molecule has 1 fully saturated rings. The summed E-state index contributed by atoms with van der Waals surface area (Å²) in [5, 5.41) is 11.4. The zero-order valence-corrected chi connectivity index (χ0v) is 18.2. The summed E-state index contributed by atoms with van der Waals surface area (Å²) in [7, 11) is 0. The van der Waals surface area contributed by atoms with E-state index in [4.69, 9.17) is 9.84 Å². The smallest absolute Gasteiger partial charge is 0.407 e. The zero-order chi connectivity index (χ0) is 24.5. The molecule has 9 heteroatoms. The fourth-order valence-electron chi connectivity index (χ4n) is 4.60. The van der Waals surface area contributed by atoms with Crippen LogP contribution in [0.3, 0.4) is 0 Å². The Labute approximate surface area is 195 Å². The number of benzene rings is 2. The molecule has 2 aromatic carbocycles. The standard InChI is InChI=1S/C25H24F2N2O5/c1-2-7-21(22(30)29-12-20(23(31)32)25(26,27)14-29)28-24(33)34-13-19-17-10-5-3-8-15(17)16-9-4-6-11-18(16)19/h2-6,8-11,19-21H,1,7,12-14H2,(H,28,33)(H,31,32). The second-order valence-corrected chi connectivity index (χ2v) is 8.42. The van der Waals surface area contributed by atoms with Gasteiger partial charge in [0.1, 0.15) is 18.6 Å². The number of hydrogen-bond acceptors (Lipinski definition) is 4. The lowest BCUT2D eigenvalue weighted by Gasteiger charge is -2.23. The van der Waals surface area contributed by atoms with Crippen molar-refractivity contribution in [2.75, 3.05) is 19.7 Å². The van der Waals surface area contributed by atoms with Gasteiger partial charge >= 0.3 is 12.1 Å². The fourth-order valence-corrected chi connectivity index (χ4v) is 4.60. The minimum atomic E-state index is -3.55. The number of halogens is 2. The molecule has 2 unspecified atom stereocenters. The van der Waals surface area contributed by atoms with Gasteiger partial charge in [-0.3, -0.25) is 9.59 Å². The monoisotopic (exact) mass is 470 g/mol. The lowest BCUT2D eigenvalue weighted by atomic mass is 9.98. The Bertz CT molecular complexity index is 1090. The summed E-state index contributed by atoms with van der Waals surface area (Å²) in [4.78, 5) is 37.2. The molecule has 2 amide bonds. The maximum atomic E-state index is 14.0. The van der Waals surface area contributed by atoms with Gasteiger partial charge in [-0.1, -0.05) is 54.6 Å². The number of fused-ring (bicyclic) bond motifs is 3. The van der Waals surface area contributed by atoms with E-state index in [2.05, 4.69) is 11.9 Å². The van der Waals surface area contributed by atoms with Crippen molar-refractivity contribution in [2.24, 2.45) is 5.92 Å². The van der Waals surface area contributed by atoms with Crippen LogP contribution in [0.4, 0.5) is 13.6 Å². The highest BCUT2D eigenvalue weighted by atomic mass is 19.3. The Morgan fingerprint density at radius 2 is 1.74 bits per heavy atom. The molecule has 4 rings (SSSR count). The highest BCUT2D eigenvalue weighted by Crippen LogP contribution is 2.44. The molecule has 7 nitrogen and oxygen atoms in total. The van der Waals surface area contributed by atoms with Crippen LogP contribution in [0.2, 0.25) is 0 Å². The first-order valence-corrected chi connectivity index (χ1v) is 10.8. The molecule has 1 heterocycles. The molecule has 34 heavy (non-hydrogen) atoms. The highest BCUT2D eigenvalue weighted by Gasteiger charge is 2.54. The minimum Gasteiger partial charge on any atom is -0.481 e. The molecule has 0 radical (unpaired) electrons. The first-order chi connectivity index (χ1) is 16.2. The Hall–Kier alpha value is -3.75. The van der Waals surface area contributed by atoms with Crippen LogP contribution in [-0.2, 0) is 14.3 Å². The molecular formula is C25H24F2N2O5. The Morgan fingerprint density at radius 3 is 2.26 bits per heavy atom. The Kier molecular flexibility index (Phi) is 6.37. The van der Waals surface area contributed by atoms with Gasteiger partial charge < -0.3 is 20.1 Å². The van der Waals surface area contributed by atoms with Crippen LogP contribution in [0, 0.1) is 5.92 Å². The maximum absolute atomic E-state index is 14.0. The molecule has 2 aromatic rings. The predicted molar refractivity (Wildman–Crippen MR) is 119 cm³/mol. The van der Waals surface area contributed by atoms with Gasteiger partial charge in [-0.25, -0.2) is 13.6 Å². The van der Waals surface area contributed by atoms with E-state index in [1.807, 2.05) is 48.5 Å². The zero-order valence-electron chi connectivity index (χ0n) is 18.2. The van der Waals surface area contributed by atoms with E-state index >= 15 is 0 Å². The Balaban J connectivity index is 1.42. The third-order valence-electron chi connectivity index (χ3n) is 6.26. The highest BCUT2D eigenvalue weighted by molar-refractivity contribution is 5.87. The van der Waals surface area contributed by atoms with E-state index in [9.17, 15) is 23.2 Å². The molecule has 0 bridgehead atoms. The van der Waals surface area contributed by atoms with Gasteiger partial charge in [0.15, 0.2) is 0 Å². The average Bonchev–Trinajstić information content (AvgIpc) is 3.31. The molecule has 178 valence electrons. The maximum Gasteiger partial charge on any atom is 0.407 e. The summed E-state index contributed by atoms with van der Waals surface area (Å²) < 4.78 is 33.5. The van der Waals surface area contributed by atoms with E-state index in [1.54, 1.807) is 0 Å². The van der Waals surface area contributed by atoms with Crippen LogP contribution in [0.15, 0.2) is 61.2 Å². The SMILES string of the molecule is C=CCC(NC(=O)OCC1c2ccccc2-c2ccccc21)C(=O)N1CC(C(=O)O)C(F)(F)C1. The lowest BCUT2D eigenvalue weighted by molar-refractivity contribution is -0.151. The van der Waals surface area contributed by atoms with Gasteiger partial charge in [-0.05, 0) is 28.7 Å². The van der Waals surface area contributed by atoms with Gasteiger partial charge in [-0.2, -0.15) is 0 Å². The van der Waals surface area contributed by atoms with Crippen molar-refractivity contribution in [3.8, 4) is 11.1 Å². The molecular weight excluding hydrogens is 446 g/mol. The average molecular weight is 470 g/mol. The fraction of sp³-hybridized carbons (Fsp3) is 0.320. The number of likely N-dealkylation sites (tertiary alicyclic amines) is 1. The number of nitrogens with zero attached hydrogens (tertiary/aromatic N) is 1. The first-order valence-electron chi connectivity index (χ1n) is 10.8. The van der Waals surface area contributed by atoms with Crippen LogP contribution < -0.4 is 5.32 Å². The molecule has 2 atom stereocenters. The number of ether oxygens (including phenoxy) is 1. The number of nitrogens with one attached hydrogen (secondary N) is 1. The van der Waals surface area contributed by atoms with E-state index in [-0.39, 0.29) is 18.9 Å².